The quantitative estimate of drug-likeness (QED) is 0.742. The Morgan fingerprint density at radius 3 is 2.88 bits per heavy atom. The summed E-state index contributed by atoms with van der Waals surface area (Å²) < 4.78 is 5.69. The summed E-state index contributed by atoms with van der Waals surface area (Å²) in [6.45, 7) is 0.568. The topological polar surface area (TPSA) is 37.9 Å². The second-order valence-electron chi connectivity index (χ2n) is 3.86. The summed E-state index contributed by atoms with van der Waals surface area (Å²) in [6, 6.07) is 14.1. The molecule has 3 heteroatoms. The van der Waals surface area contributed by atoms with Gasteiger partial charge in [-0.2, -0.15) is 0 Å². The zero-order chi connectivity index (χ0) is 11.5. The van der Waals surface area contributed by atoms with Crippen molar-refractivity contribution in [3.05, 3.63) is 60.4 Å². The molecule has 0 aliphatic rings. The smallest absolute Gasteiger partial charge is 0.138 e. The number of fused-ring (bicyclic) bond motifs is 1. The molecule has 17 heavy (non-hydrogen) atoms. The summed E-state index contributed by atoms with van der Waals surface area (Å²) in [5, 5.41) is 1.07. The Morgan fingerprint density at radius 1 is 1.12 bits per heavy atom. The predicted octanol–water partition coefficient (Wildman–Crippen LogP) is 3.14. The van der Waals surface area contributed by atoms with Gasteiger partial charge in [-0.1, -0.05) is 30.3 Å². The van der Waals surface area contributed by atoms with Crippen LogP contribution in [0.1, 0.15) is 5.56 Å². The lowest BCUT2D eigenvalue weighted by Crippen LogP contribution is -1.95. The highest BCUT2D eigenvalue weighted by atomic mass is 16.5. The zero-order valence-corrected chi connectivity index (χ0v) is 9.26. The Kier molecular flexibility index (Phi) is 2.50. The highest BCUT2D eigenvalue weighted by molar-refractivity contribution is 5.76. The van der Waals surface area contributed by atoms with Gasteiger partial charge in [-0.05, 0) is 17.7 Å². The maximum atomic E-state index is 5.69. The van der Waals surface area contributed by atoms with Gasteiger partial charge in [-0.15, -0.1) is 0 Å². The molecule has 0 aliphatic heterocycles. The second-order valence-corrected chi connectivity index (χ2v) is 3.86. The van der Waals surface area contributed by atoms with E-state index in [-0.39, 0.29) is 0 Å². The molecule has 0 atom stereocenters. The van der Waals surface area contributed by atoms with Crippen molar-refractivity contribution in [2.45, 2.75) is 6.61 Å². The molecule has 3 rings (SSSR count). The van der Waals surface area contributed by atoms with Crippen LogP contribution in [0.5, 0.6) is 5.75 Å². The minimum atomic E-state index is 0.568. The summed E-state index contributed by atoms with van der Waals surface area (Å²) in [5.41, 5.74) is 2.04. The second kappa shape index (κ2) is 4.29. The van der Waals surface area contributed by atoms with Gasteiger partial charge in [0.15, 0.2) is 0 Å². The molecule has 0 saturated carbocycles. The van der Waals surface area contributed by atoms with Crippen LogP contribution < -0.4 is 4.74 Å². The van der Waals surface area contributed by atoms with E-state index in [9.17, 15) is 0 Å². The van der Waals surface area contributed by atoms with Gasteiger partial charge in [0.25, 0.3) is 0 Å². The fourth-order valence-electron chi connectivity index (χ4n) is 1.74. The average Bonchev–Trinajstić information content (AvgIpc) is 2.85. The fraction of sp³-hybridized carbons (Fsp3) is 0.0714. The van der Waals surface area contributed by atoms with Crippen LogP contribution in [0, 0.1) is 0 Å². The van der Waals surface area contributed by atoms with E-state index in [4.69, 9.17) is 4.74 Å². The van der Waals surface area contributed by atoms with E-state index < -0.39 is 0 Å². The fourth-order valence-corrected chi connectivity index (χ4v) is 1.74. The van der Waals surface area contributed by atoms with Gasteiger partial charge in [-0.25, -0.2) is 4.98 Å². The molecule has 0 fully saturated rings. The van der Waals surface area contributed by atoms with Gasteiger partial charge < -0.3 is 9.72 Å². The Labute approximate surface area is 99.1 Å². The third-order valence-corrected chi connectivity index (χ3v) is 2.62. The van der Waals surface area contributed by atoms with Gasteiger partial charge in [0.2, 0.25) is 0 Å². The lowest BCUT2D eigenvalue weighted by molar-refractivity contribution is 0.305. The number of H-pyrrole nitrogens is 1. The van der Waals surface area contributed by atoms with Gasteiger partial charge >= 0.3 is 0 Å². The number of benzene rings is 1. The normalized spacial score (nSPS) is 10.6. The van der Waals surface area contributed by atoms with E-state index >= 15 is 0 Å². The molecule has 84 valence electrons. The minimum Gasteiger partial charge on any atom is -0.487 e. The van der Waals surface area contributed by atoms with Gasteiger partial charge in [-0.3, -0.25) is 0 Å². The Morgan fingerprint density at radius 2 is 2.00 bits per heavy atom. The highest BCUT2D eigenvalue weighted by Crippen LogP contribution is 2.18. The number of nitrogens with one attached hydrogen (secondary N) is 1. The first kappa shape index (κ1) is 9.90. The minimum absolute atomic E-state index is 0.568. The van der Waals surface area contributed by atoms with Crippen molar-refractivity contribution in [2.75, 3.05) is 0 Å². The summed E-state index contributed by atoms with van der Waals surface area (Å²) >= 11 is 0. The van der Waals surface area contributed by atoms with Crippen LogP contribution >= 0.6 is 0 Å². The SMILES string of the molecule is c1ccc(COc2cnc3[nH]ccc3c2)cc1. The molecule has 2 heterocycles. The molecule has 0 amide bonds. The summed E-state index contributed by atoms with van der Waals surface area (Å²) in [6.07, 6.45) is 3.61. The molecule has 1 N–H and O–H groups in total. The first-order chi connectivity index (χ1) is 8.42. The van der Waals surface area contributed by atoms with Crippen LogP contribution in [0.4, 0.5) is 0 Å². The van der Waals surface area contributed by atoms with Crippen molar-refractivity contribution in [1.82, 2.24) is 9.97 Å². The van der Waals surface area contributed by atoms with E-state index in [1.807, 2.05) is 48.7 Å². The van der Waals surface area contributed by atoms with Crippen molar-refractivity contribution in [3.63, 3.8) is 0 Å². The van der Waals surface area contributed by atoms with Gasteiger partial charge in [0, 0.05) is 11.6 Å². The maximum Gasteiger partial charge on any atom is 0.138 e. The van der Waals surface area contributed by atoms with E-state index in [1.54, 1.807) is 6.20 Å². The van der Waals surface area contributed by atoms with Gasteiger partial charge in [0.1, 0.15) is 18.0 Å². The third-order valence-electron chi connectivity index (χ3n) is 2.62. The molecule has 0 bridgehead atoms. The molecule has 2 aromatic heterocycles. The Balaban J connectivity index is 1.76. The Bertz CT molecular complexity index is 616. The van der Waals surface area contributed by atoms with E-state index in [0.717, 1.165) is 22.3 Å². The summed E-state index contributed by atoms with van der Waals surface area (Å²) in [4.78, 5) is 7.33. The van der Waals surface area contributed by atoms with Crippen LogP contribution in [-0.2, 0) is 6.61 Å². The first-order valence-electron chi connectivity index (χ1n) is 5.52. The molecule has 0 spiro atoms. The standard InChI is InChI=1S/C14H12N2O/c1-2-4-11(5-3-1)10-17-13-8-12-6-7-15-14(12)16-9-13/h1-9H,10H2,(H,15,16). The van der Waals surface area contributed by atoms with Crippen LogP contribution in [0.15, 0.2) is 54.9 Å². The van der Waals surface area contributed by atoms with Gasteiger partial charge in [0.05, 0.1) is 6.20 Å². The molecule has 0 radical (unpaired) electrons. The molecule has 0 aliphatic carbocycles. The highest BCUT2D eigenvalue weighted by Gasteiger charge is 1.99. The van der Waals surface area contributed by atoms with Crippen molar-refractivity contribution >= 4 is 11.0 Å². The summed E-state index contributed by atoms with van der Waals surface area (Å²) in [7, 11) is 0. The maximum absolute atomic E-state index is 5.69. The molecular formula is C14H12N2O. The third kappa shape index (κ3) is 2.13. The summed E-state index contributed by atoms with van der Waals surface area (Å²) in [5.74, 6) is 0.793. The molecule has 3 aromatic rings. The van der Waals surface area contributed by atoms with Crippen LogP contribution in [-0.4, -0.2) is 9.97 Å². The van der Waals surface area contributed by atoms with Crippen molar-refractivity contribution in [3.8, 4) is 5.75 Å². The lowest BCUT2D eigenvalue weighted by Gasteiger charge is -2.05. The van der Waals surface area contributed by atoms with Crippen molar-refractivity contribution in [2.24, 2.45) is 0 Å². The molecule has 1 aromatic carbocycles. The number of pyridine rings is 1. The average molecular weight is 224 g/mol. The number of aromatic amines is 1. The molecule has 3 nitrogen and oxygen atoms in total. The number of hydrogen-bond donors (Lipinski definition) is 1. The number of aromatic nitrogens is 2. The van der Waals surface area contributed by atoms with Crippen molar-refractivity contribution < 1.29 is 4.74 Å². The van der Waals surface area contributed by atoms with E-state index in [2.05, 4.69) is 9.97 Å². The van der Waals surface area contributed by atoms with Crippen LogP contribution in [0.25, 0.3) is 11.0 Å². The first-order valence-corrected chi connectivity index (χ1v) is 5.52. The van der Waals surface area contributed by atoms with Crippen LogP contribution in [0.2, 0.25) is 0 Å². The number of hydrogen-bond acceptors (Lipinski definition) is 2. The number of nitrogens with zero attached hydrogens (tertiary/aromatic N) is 1. The predicted molar refractivity (Wildman–Crippen MR) is 66.9 cm³/mol. The lowest BCUT2D eigenvalue weighted by atomic mass is 10.2. The zero-order valence-electron chi connectivity index (χ0n) is 9.26. The Hall–Kier alpha value is -2.29. The molecule has 0 saturated heterocycles. The molecular weight excluding hydrogens is 212 g/mol. The van der Waals surface area contributed by atoms with E-state index in [1.165, 1.54) is 0 Å². The van der Waals surface area contributed by atoms with Crippen molar-refractivity contribution in [1.29, 1.82) is 0 Å². The number of rotatable bonds is 3. The molecule has 0 unspecified atom stereocenters. The van der Waals surface area contributed by atoms with Crippen LogP contribution in [0.3, 0.4) is 0 Å². The largest absolute Gasteiger partial charge is 0.487 e. The monoisotopic (exact) mass is 224 g/mol. The van der Waals surface area contributed by atoms with E-state index in [0.29, 0.717) is 6.61 Å². The number of ether oxygens (including phenoxy) is 1.